The summed E-state index contributed by atoms with van der Waals surface area (Å²) in [5.74, 6) is 0.740. The molecule has 0 spiro atoms. The Hall–Kier alpha value is -0.870. The fourth-order valence-corrected chi connectivity index (χ4v) is 2.62. The first kappa shape index (κ1) is 13.6. The zero-order chi connectivity index (χ0) is 12.8. The van der Waals surface area contributed by atoms with Crippen molar-refractivity contribution in [1.29, 1.82) is 0 Å². The molecule has 0 aliphatic carbocycles. The van der Waals surface area contributed by atoms with Gasteiger partial charge in [-0.25, -0.2) is 0 Å². The molecule has 0 radical (unpaired) electrons. The van der Waals surface area contributed by atoms with Crippen LogP contribution in [0.3, 0.4) is 0 Å². The molecule has 1 N–H and O–H groups in total. The molecule has 0 saturated carbocycles. The van der Waals surface area contributed by atoms with E-state index in [0.717, 1.165) is 38.1 Å². The Labute approximate surface area is 110 Å². The number of nitrogens with zero attached hydrogens (tertiary/aromatic N) is 3. The second-order valence-corrected chi connectivity index (χ2v) is 5.65. The predicted octanol–water partition coefficient (Wildman–Crippen LogP) is 1.59. The van der Waals surface area contributed by atoms with Crippen molar-refractivity contribution >= 4 is 0 Å². The lowest BCUT2D eigenvalue weighted by atomic mass is 10.2. The second kappa shape index (κ2) is 6.90. The van der Waals surface area contributed by atoms with E-state index in [9.17, 15) is 0 Å². The highest BCUT2D eigenvalue weighted by molar-refractivity contribution is 4.82. The molecule has 102 valence electrons. The van der Waals surface area contributed by atoms with Crippen molar-refractivity contribution < 1.29 is 0 Å². The molecule has 1 saturated heterocycles. The van der Waals surface area contributed by atoms with E-state index in [2.05, 4.69) is 29.2 Å². The Bertz CT molecular complexity index is 321. The van der Waals surface area contributed by atoms with Gasteiger partial charge >= 0.3 is 0 Å². The predicted molar refractivity (Wildman–Crippen MR) is 74.5 cm³/mol. The number of nitrogens with one attached hydrogen (secondary N) is 1. The quantitative estimate of drug-likeness (QED) is 0.798. The van der Waals surface area contributed by atoms with E-state index in [1.54, 1.807) is 0 Å². The molecule has 2 heterocycles. The third-order valence-corrected chi connectivity index (χ3v) is 3.61. The zero-order valence-electron chi connectivity index (χ0n) is 11.7. The molecule has 1 aliphatic heterocycles. The second-order valence-electron chi connectivity index (χ2n) is 5.65. The maximum atomic E-state index is 4.26. The van der Waals surface area contributed by atoms with Crippen molar-refractivity contribution in [2.45, 2.75) is 39.3 Å². The SMILES string of the molecule is CC(C)CNCC1CCCN1CCn1cccn1. The largest absolute Gasteiger partial charge is 0.315 e. The van der Waals surface area contributed by atoms with E-state index >= 15 is 0 Å². The number of hydrogen-bond acceptors (Lipinski definition) is 3. The lowest BCUT2D eigenvalue weighted by Gasteiger charge is -2.25. The molecule has 18 heavy (non-hydrogen) atoms. The molecule has 0 aromatic carbocycles. The Morgan fingerprint density at radius 3 is 3.00 bits per heavy atom. The first-order valence-electron chi connectivity index (χ1n) is 7.18. The molecule has 0 amide bonds. The monoisotopic (exact) mass is 250 g/mol. The van der Waals surface area contributed by atoms with E-state index in [1.807, 2.05) is 23.1 Å². The van der Waals surface area contributed by atoms with E-state index in [1.165, 1.54) is 19.4 Å². The van der Waals surface area contributed by atoms with Gasteiger partial charge in [-0.1, -0.05) is 13.8 Å². The van der Waals surface area contributed by atoms with Crippen molar-refractivity contribution in [3.05, 3.63) is 18.5 Å². The minimum atomic E-state index is 0.722. The molecule has 4 heteroatoms. The first-order valence-corrected chi connectivity index (χ1v) is 7.18. The summed E-state index contributed by atoms with van der Waals surface area (Å²) in [5, 5.41) is 7.85. The van der Waals surface area contributed by atoms with Gasteiger partial charge in [0.15, 0.2) is 0 Å². The van der Waals surface area contributed by atoms with Crippen LogP contribution in [0.2, 0.25) is 0 Å². The van der Waals surface area contributed by atoms with Crippen LogP contribution in [0.4, 0.5) is 0 Å². The van der Waals surface area contributed by atoms with Crippen LogP contribution in [0.5, 0.6) is 0 Å². The van der Waals surface area contributed by atoms with Crippen molar-refractivity contribution in [3.8, 4) is 0 Å². The molecule has 2 rings (SSSR count). The minimum absolute atomic E-state index is 0.722. The maximum Gasteiger partial charge on any atom is 0.0536 e. The molecule has 1 atom stereocenters. The smallest absolute Gasteiger partial charge is 0.0536 e. The molecule has 0 bridgehead atoms. The Morgan fingerprint density at radius 2 is 2.28 bits per heavy atom. The third-order valence-electron chi connectivity index (χ3n) is 3.61. The average Bonchev–Trinajstić information content (AvgIpc) is 2.96. The van der Waals surface area contributed by atoms with E-state index < -0.39 is 0 Å². The fourth-order valence-electron chi connectivity index (χ4n) is 2.62. The summed E-state index contributed by atoms with van der Waals surface area (Å²) < 4.78 is 2.02. The zero-order valence-corrected chi connectivity index (χ0v) is 11.7. The van der Waals surface area contributed by atoms with Crippen molar-refractivity contribution in [3.63, 3.8) is 0 Å². The van der Waals surface area contributed by atoms with Crippen LogP contribution in [0.25, 0.3) is 0 Å². The van der Waals surface area contributed by atoms with Crippen molar-refractivity contribution in [2.75, 3.05) is 26.2 Å². The molecule has 1 fully saturated rings. The molecule has 1 aromatic rings. The van der Waals surface area contributed by atoms with Crippen molar-refractivity contribution in [2.24, 2.45) is 5.92 Å². The molecule has 1 aliphatic rings. The molecule has 1 unspecified atom stereocenters. The Kier molecular flexibility index (Phi) is 5.20. The van der Waals surface area contributed by atoms with E-state index in [0.29, 0.717) is 0 Å². The van der Waals surface area contributed by atoms with E-state index in [-0.39, 0.29) is 0 Å². The highest BCUT2D eigenvalue weighted by atomic mass is 15.3. The normalized spacial score (nSPS) is 20.9. The Morgan fingerprint density at radius 1 is 1.39 bits per heavy atom. The highest BCUT2D eigenvalue weighted by Gasteiger charge is 2.23. The fraction of sp³-hybridized carbons (Fsp3) is 0.786. The van der Waals surface area contributed by atoms with Gasteiger partial charge in [-0.15, -0.1) is 0 Å². The minimum Gasteiger partial charge on any atom is -0.315 e. The van der Waals surface area contributed by atoms with Gasteiger partial charge in [0.2, 0.25) is 0 Å². The average molecular weight is 250 g/mol. The molecule has 4 nitrogen and oxygen atoms in total. The van der Waals surface area contributed by atoms with Crippen LogP contribution in [-0.2, 0) is 6.54 Å². The van der Waals surface area contributed by atoms with Gasteiger partial charge in [0, 0.05) is 31.5 Å². The molecular formula is C14H26N4. The summed E-state index contributed by atoms with van der Waals surface area (Å²) in [6, 6.07) is 2.71. The number of hydrogen-bond donors (Lipinski definition) is 1. The standard InChI is InChI=1S/C14H26N4/c1-13(2)11-15-12-14-5-3-7-17(14)9-10-18-8-4-6-16-18/h4,6,8,13-15H,3,5,7,9-12H2,1-2H3. The summed E-state index contributed by atoms with van der Waals surface area (Å²) in [4.78, 5) is 2.61. The van der Waals surface area contributed by atoms with Crippen molar-refractivity contribution in [1.82, 2.24) is 20.0 Å². The van der Waals surface area contributed by atoms with Crippen LogP contribution in [0.1, 0.15) is 26.7 Å². The van der Waals surface area contributed by atoms with Crippen LogP contribution in [0, 0.1) is 5.92 Å². The van der Waals surface area contributed by atoms with Crippen LogP contribution in [-0.4, -0.2) is 46.9 Å². The van der Waals surface area contributed by atoms with Gasteiger partial charge in [0.25, 0.3) is 0 Å². The highest BCUT2D eigenvalue weighted by Crippen LogP contribution is 2.16. The summed E-state index contributed by atoms with van der Waals surface area (Å²) in [6.45, 7) is 10.2. The van der Waals surface area contributed by atoms with Gasteiger partial charge in [-0.2, -0.15) is 5.10 Å². The number of aromatic nitrogens is 2. The van der Waals surface area contributed by atoms with Crippen LogP contribution >= 0.6 is 0 Å². The van der Waals surface area contributed by atoms with Crippen LogP contribution < -0.4 is 5.32 Å². The summed E-state index contributed by atoms with van der Waals surface area (Å²) in [5.41, 5.74) is 0. The van der Waals surface area contributed by atoms with Gasteiger partial charge in [0.1, 0.15) is 0 Å². The molecular weight excluding hydrogens is 224 g/mol. The van der Waals surface area contributed by atoms with Crippen LogP contribution in [0.15, 0.2) is 18.5 Å². The molecule has 1 aromatic heterocycles. The third kappa shape index (κ3) is 4.10. The lowest BCUT2D eigenvalue weighted by Crippen LogP contribution is -2.40. The number of rotatable bonds is 7. The first-order chi connectivity index (χ1) is 8.75. The topological polar surface area (TPSA) is 33.1 Å². The maximum absolute atomic E-state index is 4.26. The summed E-state index contributed by atoms with van der Waals surface area (Å²) in [6.07, 6.45) is 6.57. The van der Waals surface area contributed by atoms with E-state index in [4.69, 9.17) is 0 Å². The Balaban J connectivity index is 1.70. The van der Waals surface area contributed by atoms with Gasteiger partial charge in [-0.05, 0) is 37.9 Å². The number of likely N-dealkylation sites (tertiary alicyclic amines) is 1. The summed E-state index contributed by atoms with van der Waals surface area (Å²) >= 11 is 0. The van der Waals surface area contributed by atoms with Gasteiger partial charge < -0.3 is 5.32 Å². The summed E-state index contributed by atoms with van der Waals surface area (Å²) in [7, 11) is 0. The van der Waals surface area contributed by atoms with Gasteiger partial charge in [-0.3, -0.25) is 9.58 Å². The van der Waals surface area contributed by atoms with Gasteiger partial charge in [0.05, 0.1) is 6.54 Å². The lowest BCUT2D eigenvalue weighted by molar-refractivity contribution is 0.233.